The van der Waals surface area contributed by atoms with E-state index < -0.39 is 4.92 Å². The zero-order valence-corrected chi connectivity index (χ0v) is 14.0. The number of nitro groups is 1. The minimum absolute atomic E-state index is 0.127. The van der Waals surface area contributed by atoms with Gasteiger partial charge in [-0.15, -0.1) is 0 Å². The topological polar surface area (TPSA) is 86.0 Å². The van der Waals surface area contributed by atoms with Gasteiger partial charge < -0.3 is 9.47 Å². The fraction of sp³-hybridized carbons (Fsp3) is 0.235. The molecule has 7 nitrogen and oxygen atoms in total. The molecule has 8 heteroatoms. The molecule has 25 heavy (non-hydrogen) atoms. The van der Waals surface area contributed by atoms with Crippen LogP contribution >= 0.6 is 0 Å². The smallest absolute Gasteiger partial charge is 0.282 e. The predicted molar refractivity (Wildman–Crippen MR) is 93.0 cm³/mol. The maximum absolute atomic E-state index is 12.9. The molecular formula is C17H18FN3O4. The van der Waals surface area contributed by atoms with Crippen LogP contribution in [0, 0.1) is 15.9 Å². The van der Waals surface area contributed by atoms with E-state index in [9.17, 15) is 14.5 Å². The molecule has 0 heterocycles. The van der Waals surface area contributed by atoms with Crippen molar-refractivity contribution >= 4 is 17.6 Å². The van der Waals surface area contributed by atoms with Crippen molar-refractivity contribution in [3.05, 3.63) is 57.9 Å². The Kier molecular flexibility index (Phi) is 5.89. The van der Waals surface area contributed by atoms with Crippen LogP contribution in [-0.2, 0) is 0 Å². The molecule has 0 bridgehead atoms. The molecule has 2 aromatic rings. The van der Waals surface area contributed by atoms with Gasteiger partial charge in [0.25, 0.3) is 5.69 Å². The van der Waals surface area contributed by atoms with Crippen LogP contribution in [0.4, 0.5) is 15.8 Å². The van der Waals surface area contributed by atoms with Gasteiger partial charge in [0, 0.05) is 0 Å². The predicted octanol–water partition coefficient (Wildman–Crippen LogP) is 3.98. The van der Waals surface area contributed by atoms with Crippen molar-refractivity contribution in [3.63, 3.8) is 0 Å². The Morgan fingerprint density at radius 1 is 1.24 bits per heavy atom. The Balaban J connectivity index is 2.31. The number of nitro benzene ring substituents is 1. The molecule has 0 spiro atoms. The second-order valence-electron chi connectivity index (χ2n) is 5.36. The molecule has 0 fully saturated rings. The van der Waals surface area contributed by atoms with Crippen molar-refractivity contribution in [1.82, 2.24) is 0 Å². The normalized spacial score (nSPS) is 10.9. The van der Waals surface area contributed by atoms with Gasteiger partial charge in [-0.1, -0.05) is 0 Å². The fourth-order valence-corrected chi connectivity index (χ4v) is 2.03. The summed E-state index contributed by atoms with van der Waals surface area (Å²) in [5, 5.41) is 15.2. The average molecular weight is 347 g/mol. The number of methoxy groups -OCH3 is 1. The van der Waals surface area contributed by atoms with E-state index in [0.717, 1.165) is 0 Å². The molecule has 1 N–H and O–H groups in total. The van der Waals surface area contributed by atoms with Crippen LogP contribution in [0.25, 0.3) is 0 Å². The number of benzene rings is 2. The van der Waals surface area contributed by atoms with Crippen LogP contribution in [0.5, 0.6) is 11.5 Å². The molecule has 132 valence electrons. The Hall–Kier alpha value is -3.16. The maximum atomic E-state index is 12.9. The lowest BCUT2D eigenvalue weighted by Gasteiger charge is -2.14. The highest BCUT2D eigenvalue weighted by molar-refractivity contribution is 5.87. The summed E-state index contributed by atoms with van der Waals surface area (Å²) in [6, 6.07) is 8.35. The summed E-state index contributed by atoms with van der Waals surface area (Å²) in [5.41, 5.74) is 3.31. The van der Waals surface area contributed by atoms with Crippen molar-refractivity contribution in [1.29, 1.82) is 0 Å². The third kappa shape index (κ3) is 4.90. The number of hydrogen-bond acceptors (Lipinski definition) is 6. The summed E-state index contributed by atoms with van der Waals surface area (Å²) in [5.74, 6) is 0.283. The zero-order chi connectivity index (χ0) is 18.4. The molecule has 0 aliphatic carbocycles. The van der Waals surface area contributed by atoms with Gasteiger partial charge in [0.1, 0.15) is 5.82 Å². The van der Waals surface area contributed by atoms with E-state index in [1.807, 2.05) is 13.8 Å². The lowest BCUT2D eigenvalue weighted by Crippen LogP contribution is -2.08. The van der Waals surface area contributed by atoms with E-state index in [1.165, 1.54) is 49.7 Å². The molecule has 0 amide bonds. The summed E-state index contributed by atoms with van der Waals surface area (Å²) < 4.78 is 23.6. The number of hydrazone groups is 1. The lowest BCUT2D eigenvalue weighted by molar-refractivity contribution is -0.385. The summed E-state index contributed by atoms with van der Waals surface area (Å²) in [4.78, 5) is 10.8. The molecule has 0 aromatic heterocycles. The number of hydrogen-bond donors (Lipinski definition) is 1. The van der Waals surface area contributed by atoms with E-state index in [2.05, 4.69) is 10.5 Å². The monoisotopic (exact) mass is 347 g/mol. The molecular weight excluding hydrogens is 329 g/mol. The van der Waals surface area contributed by atoms with Gasteiger partial charge in [-0.2, -0.15) is 5.10 Å². The van der Waals surface area contributed by atoms with E-state index >= 15 is 0 Å². The molecule has 0 saturated heterocycles. The van der Waals surface area contributed by atoms with E-state index in [0.29, 0.717) is 11.4 Å². The van der Waals surface area contributed by atoms with Crippen LogP contribution in [0.15, 0.2) is 41.5 Å². The Morgan fingerprint density at radius 2 is 1.92 bits per heavy atom. The van der Waals surface area contributed by atoms with E-state index in [-0.39, 0.29) is 28.9 Å². The zero-order valence-electron chi connectivity index (χ0n) is 14.0. The summed E-state index contributed by atoms with van der Waals surface area (Å²) in [6.45, 7) is 3.68. The highest BCUT2D eigenvalue weighted by atomic mass is 19.1. The van der Waals surface area contributed by atoms with Crippen molar-refractivity contribution in [2.75, 3.05) is 12.5 Å². The van der Waals surface area contributed by atoms with Crippen molar-refractivity contribution in [3.8, 4) is 11.5 Å². The Labute approximate surface area is 144 Å². The van der Waals surface area contributed by atoms with Gasteiger partial charge in [0.05, 0.1) is 41.7 Å². The second kappa shape index (κ2) is 8.09. The van der Waals surface area contributed by atoms with E-state index in [1.54, 1.807) is 0 Å². The highest BCUT2D eigenvalue weighted by Gasteiger charge is 2.19. The van der Waals surface area contributed by atoms with Crippen LogP contribution in [0.3, 0.4) is 0 Å². The van der Waals surface area contributed by atoms with Crippen molar-refractivity contribution < 1.29 is 18.8 Å². The quantitative estimate of drug-likeness (QED) is 0.465. The van der Waals surface area contributed by atoms with Crippen LogP contribution in [-0.4, -0.2) is 24.4 Å². The molecule has 0 saturated carbocycles. The largest absolute Gasteiger partial charge is 0.493 e. The summed E-state index contributed by atoms with van der Waals surface area (Å²) >= 11 is 0. The fourth-order valence-electron chi connectivity index (χ4n) is 2.03. The molecule has 0 atom stereocenters. The molecule has 2 aromatic carbocycles. The minimum Gasteiger partial charge on any atom is -0.493 e. The second-order valence-corrected chi connectivity index (χ2v) is 5.36. The number of ether oxygens (including phenoxy) is 2. The summed E-state index contributed by atoms with van der Waals surface area (Å²) in [6.07, 6.45) is 1.17. The first kappa shape index (κ1) is 18.2. The first-order valence-corrected chi connectivity index (χ1v) is 7.48. The maximum Gasteiger partial charge on any atom is 0.282 e. The molecule has 0 aliphatic rings. The van der Waals surface area contributed by atoms with Gasteiger partial charge in [-0.25, -0.2) is 4.39 Å². The number of nitrogens with one attached hydrogen (secondary N) is 1. The van der Waals surface area contributed by atoms with E-state index in [4.69, 9.17) is 9.47 Å². The lowest BCUT2D eigenvalue weighted by atomic mass is 10.1. The minimum atomic E-state index is -0.527. The van der Waals surface area contributed by atoms with Gasteiger partial charge >= 0.3 is 0 Å². The highest BCUT2D eigenvalue weighted by Crippen LogP contribution is 2.34. The third-order valence-corrected chi connectivity index (χ3v) is 3.11. The van der Waals surface area contributed by atoms with Gasteiger partial charge in [-0.05, 0) is 44.2 Å². The number of rotatable bonds is 7. The first-order chi connectivity index (χ1) is 11.9. The Bertz CT molecular complexity index is 776. The molecule has 0 unspecified atom stereocenters. The third-order valence-electron chi connectivity index (χ3n) is 3.11. The first-order valence-electron chi connectivity index (χ1n) is 7.48. The molecule has 0 aliphatic heterocycles. The van der Waals surface area contributed by atoms with Gasteiger partial charge in [-0.3, -0.25) is 15.5 Å². The standard InChI is InChI=1S/C17H18FN3O4/c1-11(2)25-17-8-12(15(21(22)23)9-16(17)24-3)10-19-20-14-6-4-13(18)5-7-14/h4-11,20H,1-3H3. The SMILES string of the molecule is COc1cc([N+](=O)[O-])c(C=NNc2ccc(F)cc2)cc1OC(C)C. The van der Waals surface area contributed by atoms with Gasteiger partial charge in [0.15, 0.2) is 11.5 Å². The summed E-state index contributed by atoms with van der Waals surface area (Å²) in [7, 11) is 1.41. The average Bonchev–Trinajstić information content (AvgIpc) is 2.56. The molecule has 2 rings (SSSR count). The van der Waals surface area contributed by atoms with Crippen LogP contribution in [0.1, 0.15) is 19.4 Å². The van der Waals surface area contributed by atoms with Gasteiger partial charge in [0.2, 0.25) is 0 Å². The Morgan fingerprint density at radius 3 is 2.48 bits per heavy atom. The van der Waals surface area contributed by atoms with Crippen molar-refractivity contribution in [2.45, 2.75) is 20.0 Å². The number of halogens is 1. The van der Waals surface area contributed by atoms with Crippen LogP contribution < -0.4 is 14.9 Å². The van der Waals surface area contributed by atoms with Crippen molar-refractivity contribution in [2.24, 2.45) is 5.10 Å². The number of nitrogens with zero attached hydrogens (tertiary/aromatic N) is 2. The number of anilines is 1. The molecule has 0 radical (unpaired) electrons. The van der Waals surface area contributed by atoms with Crippen LogP contribution in [0.2, 0.25) is 0 Å².